The Hall–Kier alpha value is -3.48. The van der Waals surface area contributed by atoms with Crippen molar-refractivity contribution in [2.75, 3.05) is 17.2 Å². The average Bonchev–Trinajstić information content (AvgIpc) is 2.82. The van der Waals surface area contributed by atoms with Crippen LogP contribution in [0.5, 0.6) is 5.75 Å². The number of carbonyl (C=O) groups is 1. The van der Waals surface area contributed by atoms with Crippen molar-refractivity contribution in [2.45, 2.75) is 19.4 Å². The number of nitrogens with one attached hydrogen (secondary N) is 2. The molecule has 0 spiro atoms. The zero-order valence-corrected chi connectivity index (χ0v) is 14.8. The zero-order valence-electron chi connectivity index (χ0n) is 14.8. The number of hydrogen-bond acceptors (Lipinski definition) is 6. The first kappa shape index (κ1) is 17.0. The molecule has 1 aliphatic rings. The Labute approximate surface area is 156 Å². The van der Waals surface area contributed by atoms with Crippen LogP contribution in [-0.4, -0.2) is 33.5 Å². The van der Waals surface area contributed by atoms with E-state index in [4.69, 9.17) is 4.74 Å². The van der Waals surface area contributed by atoms with Crippen molar-refractivity contribution < 1.29 is 9.53 Å². The van der Waals surface area contributed by atoms with E-state index in [2.05, 4.69) is 25.6 Å². The second-order valence-electron chi connectivity index (χ2n) is 6.34. The molecule has 0 bridgehead atoms. The molecule has 136 valence electrons. The van der Waals surface area contributed by atoms with E-state index in [9.17, 15) is 4.79 Å². The standard InChI is InChI=1S/C20H19N5O2/c1-13(27-15-5-4-8-21-12-15)10-22-20-23-11-14-9-18(26)24-17-7-3-2-6-16(17)19(14)25-20/h2-8,11-13H,9-10H2,1H3,(H,24,26)(H,22,23,25). The van der Waals surface area contributed by atoms with E-state index in [1.165, 1.54) is 0 Å². The summed E-state index contributed by atoms with van der Waals surface area (Å²) in [7, 11) is 0. The maximum absolute atomic E-state index is 12.1. The van der Waals surface area contributed by atoms with E-state index in [0.717, 1.165) is 22.5 Å². The number of rotatable bonds is 5. The molecule has 1 amide bonds. The lowest BCUT2D eigenvalue weighted by Gasteiger charge is -2.16. The Balaban J connectivity index is 1.52. The minimum Gasteiger partial charge on any atom is -0.487 e. The number of nitrogens with zero attached hydrogens (tertiary/aromatic N) is 3. The van der Waals surface area contributed by atoms with Crippen LogP contribution in [0, 0.1) is 0 Å². The van der Waals surface area contributed by atoms with Crippen molar-refractivity contribution in [2.24, 2.45) is 0 Å². The molecule has 1 aliphatic heterocycles. The maximum atomic E-state index is 12.1. The van der Waals surface area contributed by atoms with Gasteiger partial charge in [0.15, 0.2) is 0 Å². The van der Waals surface area contributed by atoms with Gasteiger partial charge in [0.2, 0.25) is 11.9 Å². The highest BCUT2D eigenvalue weighted by Crippen LogP contribution is 2.32. The van der Waals surface area contributed by atoms with Crippen LogP contribution in [0.25, 0.3) is 11.3 Å². The van der Waals surface area contributed by atoms with Crippen LogP contribution in [0.15, 0.2) is 55.0 Å². The third kappa shape index (κ3) is 3.87. The number of aromatic nitrogens is 3. The van der Waals surface area contributed by atoms with Crippen LogP contribution in [-0.2, 0) is 11.2 Å². The van der Waals surface area contributed by atoms with Gasteiger partial charge in [-0.1, -0.05) is 18.2 Å². The number of anilines is 2. The van der Waals surface area contributed by atoms with Gasteiger partial charge in [-0.2, -0.15) is 0 Å². The maximum Gasteiger partial charge on any atom is 0.228 e. The van der Waals surface area contributed by atoms with Gasteiger partial charge in [-0.05, 0) is 25.1 Å². The van der Waals surface area contributed by atoms with Gasteiger partial charge >= 0.3 is 0 Å². The summed E-state index contributed by atoms with van der Waals surface area (Å²) in [6.45, 7) is 2.49. The number of ether oxygens (including phenoxy) is 1. The Morgan fingerprint density at radius 1 is 1.22 bits per heavy atom. The molecule has 0 saturated heterocycles. The molecule has 0 saturated carbocycles. The lowest BCUT2D eigenvalue weighted by Crippen LogP contribution is -2.23. The number of fused-ring (bicyclic) bond motifs is 3. The molecule has 4 rings (SSSR count). The number of pyridine rings is 1. The molecule has 2 N–H and O–H groups in total. The topological polar surface area (TPSA) is 89.0 Å². The molecular weight excluding hydrogens is 342 g/mol. The summed E-state index contributed by atoms with van der Waals surface area (Å²) in [6, 6.07) is 11.3. The fourth-order valence-electron chi connectivity index (χ4n) is 2.95. The SMILES string of the molecule is CC(CNc1ncc2c(n1)-c1ccccc1NC(=O)C2)Oc1cccnc1. The van der Waals surface area contributed by atoms with Crippen molar-refractivity contribution in [3.8, 4) is 17.0 Å². The third-order valence-corrected chi connectivity index (χ3v) is 4.19. The van der Waals surface area contributed by atoms with E-state index >= 15 is 0 Å². The van der Waals surface area contributed by atoms with Gasteiger partial charge in [0.1, 0.15) is 11.9 Å². The van der Waals surface area contributed by atoms with Gasteiger partial charge in [0.25, 0.3) is 0 Å². The normalized spacial score (nSPS) is 13.6. The van der Waals surface area contributed by atoms with Crippen LogP contribution in [0.3, 0.4) is 0 Å². The summed E-state index contributed by atoms with van der Waals surface area (Å²) >= 11 is 0. The smallest absolute Gasteiger partial charge is 0.228 e. The Morgan fingerprint density at radius 2 is 2.11 bits per heavy atom. The monoisotopic (exact) mass is 361 g/mol. The predicted octanol–water partition coefficient (Wildman–Crippen LogP) is 2.91. The average molecular weight is 361 g/mol. The van der Waals surface area contributed by atoms with Crippen molar-refractivity contribution in [1.82, 2.24) is 15.0 Å². The fraction of sp³-hybridized carbons (Fsp3) is 0.200. The Morgan fingerprint density at radius 3 is 2.96 bits per heavy atom. The molecule has 0 fully saturated rings. The Kier molecular flexibility index (Phi) is 4.65. The molecule has 0 aliphatic carbocycles. The minimum absolute atomic E-state index is 0.0657. The van der Waals surface area contributed by atoms with E-state index in [1.54, 1.807) is 18.6 Å². The molecule has 7 heteroatoms. The first-order valence-corrected chi connectivity index (χ1v) is 8.75. The highest BCUT2D eigenvalue weighted by atomic mass is 16.5. The van der Waals surface area contributed by atoms with Crippen molar-refractivity contribution in [3.63, 3.8) is 0 Å². The molecule has 27 heavy (non-hydrogen) atoms. The van der Waals surface area contributed by atoms with Crippen molar-refractivity contribution in [3.05, 3.63) is 60.6 Å². The van der Waals surface area contributed by atoms with E-state index in [0.29, 0.717) is 18.2 Å². The van der Waals surface area contributed by atoms with Crippen molar-refractivity contribution in [1.29, 1.82) is 0 Å². The van der Waals surface area contributed by atoms with Gasteiger partial charge in [0, 0.05) is 23.5 Å². The highest BCUT2D eigenvalue weighted by Gasteiger charge is 2.20. The molecule has 3 heterocycles. The summed E-state index contributed by atoms with van der Waals surface area (Å²) in [6.07, 6.45) is 5.25. The van der Waals surface area contributed by atoms with E-state index in [1.807, 2.05) is 43.3 Å². The lowest BCUT2D eigenvalue weighted by molar-refractivity contribution is -0.115. The van der Waals surface area contributed by atoms with Gasteiger partial charge in [-0.25, -0.2) is 9.97 Å². The van der Waals surface area contributed by atoms with Crippen LogP contribution in [0.4, 0.5) is 11.6 Å². The van der Waals surface area contributed by atoms with Crippen molar-refractivity contribution >= 4 is 17.5 Å². The van der Waals surface area contributed by atoms with E-state index < -0.39 is 0 Å². The first-order chi connectivity index (χ1) is 13.2. The number of para-hydroxylation sites is 1. The second-order valence-corrected chi connectivity index (χ2v) is 6.34. The van der Waals surface area contributed by atoms with Crippen LogP contribution < -0.4 is 15.4 Å². The summed E-state index contributed by atoms with van der Waals surface area (Å²) < 4.78 is 5.80. The molecule has 1 aromatic carbocycles. The molecule has 2 aromatic heterocycles. The first-order valence-electron chi connectivity index (χ1n) is 8.75. The molecule has 3 aromatic rings. The zero-order chi connectivity index (χ0) is 18.6. The predicted molar refractivity (Wildman–Crippen MR) is 103 cm³/mol. The van der Waals surface area contributed by atoms with Gasteiger partial charge in [-0.15, -0.1) is 0 Å². The molecule has 0 radical (unpaired) electrons. The van der Waals surface area contributed by atoms with Crippen LogP contribution in [0.2, 0.25) is 0 Å². The summed E-state index contributed by atoms with van der Waals surface area (Å²) in [4.78, 5) is 25.1. The third-order valence-electron chi connectivity index (χ3n) is 4.19. The number of amides is 1. The van der Waals surface area contributed by atoms with Crippen LogP contribution in [0.1, 0.15) is 12.5 Å². The van der Waals surface area contributed by atoms with Gasteiger partial charge in [-0.3, -0.25) is 9.78 Å². The van der Waals surface area contributed by atoms with Gasteiger partial charge < -0.3 is 15.4 Å². The summed E-state index contributed by atoms with van der Waals surface area (Å²) in [5, 5.41) is 6.12. The van der Waals surface area contributed by atoms with E-state index in [-0.39, 0.29) is 18.4 Å². The minimum atomic E-state index is -0.0906. The fourth-order valence-corrected chi connectivity index (χ4v) is 2.95. The molecule has 1 atom stereocenters. The summed E-state index contributed by atoms with van der Waals surface area (Å²) in [5.74, 6) is 1.15. The van der Waals surface area contributed by atoms with Crippen LogP contribution >= 0.6 is 0 Å². The Bertz CT molecular complexity index is 962. The summed E-state index contributed by atoms with van der Waals surface area (Å²) in [5.41, 5.74) is 3.23. The largest absolute Gasteiger partial charge is 0.487 e. The molecule has 1 unspecified atom stereocenters. The number of hydrogen-bond donors (Lipinski definition) is 2. The quantitative estimate of drug-likeness (QED) is 0.726. The van der Waals surface area contributed by atoms with Gasteiger partial charge in [0.05, 0.1) is 30.5 Å². The number of carbonyl (C=O) groups excluding carboxylic acids is 1. The number of benzene rings is 1. The lowest BCUT2D eigenvalue weighted by atomic mass is 10.1. The second kappa shape index (κ2) is 7.41. The molecule has 7 nitrogen and oxygen atoms in total. The highest BCUT2D eigenvalue weighted by molar-refractivity contribution is 5.99. The molecular formula is C20H19N5O2.